The predicted octanol–water partition coefficient (Wildman–Crippen LogP) is 2.36. The van der Waals surface area contributed by atoms with Crippen LogP contribution in [0.3, 0.4) is 0 Å². The molecule has 0 spiro atoms. The molecule has 1 saturated heterocycles. The van der Waals surface area contributed by atoms with Crippen LogP contribution in [0.15, 0.2) is 18.5 Å². The molecule has 118 valence electrons. The van der Waals surface area contributed by atoms with Gasteiger partial charge in [0, 0.05) is 32.4 Å². The van der Waals surface area contributed by atoms with E-state index in [0.717, 1.165) is 19.6 Å². The van der Waals surface area contributed by atoms with Gasteiger partial charge < -0.3 is 15.1 Å². The second-order valence-corrected chi connectivity index (χ2v) is 6.69. The highest BCUT2D eigenvalue weighted by atomic mass is 15.2. The van der Waals surface area contributed by atoms with E-state index >= 15 is 0 Å². The molecule has 1 unspecified atom stereocenters. The third-order valence-electron chi connectivity index (χ3n) is 4.32. The molecule has 0 bridgehead atoms. The fourth-order valence-electron chi connectivity index (χ4n) is 3.03. The third-order valence-corrected chi connectivity index (χ3v) is 4.32. The van der Waals surface area contributed by atoms with E-state index in [1.54, 1.807) is 0 Å². The van der Waals surface area contributed by atoms with E-state index in [0.29, 0.717) is 12.0 Å². The van der Waals surface area contributed by atoms with Gasteiger partial charge in [-0.25, -0.2) is 0 Å². The summed E-state index contributed by atoms with van der Waals surface area (Å²) in [6.45, 7) is 8.76. The maximum absolute atomic E-state index is 4.32. The maximum atomic E-state index is 4.32. The Labute approximate surface area is 129 Å². The highest BCUT2D eigenvalue weighted by molar-refractivity contribution is 5.51. The average Bonchev–Trinajstić information content (AvgIpc) is 2.84. The Bertz CT molecular complexity index is 433. The second-order valence-electron chi connectivity index (χ2n) is 6.69. The normalized spacial score (nSPS) is 19.4. The van der Waals surface area contributed by atoms with Crippen molar-refractivity contribution in [2.45, 2.75) is 39.3 Å². The average molecular weight is 290 g/mol. The largest absolute Gasteiger partial charge is 0.372 e. The van der Waals surface area contributed by atoms with E-state index in [9.17, 15) is 0 Å². The zero-order valence-corrected chi connectivity index (χ0v) is 14.0. The van der Waals surface area contributed by atoms with Crippen LogP contribution in [0.4, 0.5) is 5.69 Å². The molecular formula is C17H30N4. The van der Waals surface area contributed by atoms with Crippen molar-refractivity contribution in [3.8, 4) is 0 Å². The molecule has 0 amide bonds. The predicted molar refractivity (Wildman–Crippen MR) is 89.7 cm³/mol. The van der Waals surface area contributed by atoms with Crippen LogP contribution >= 0.6 is 0 Å². The van der Waals surface area contributed by atoms with Crippen LogP contribution in [0.5, 0.6) is 0 Å². The van der Waals surface area contributed by atoms with Crippen molar-refractivity contribution >= 4 is 5.69 Å². The minimum Gasteiger partial charge on any atom is -0.372 e. The van der Waals surface area contributed by atoms with E-state index in [1.807, 2.05) is 12.4 Å². The molecule has 0 radical (unpaired) electrons. The van der Waals surface area contributed by atoms with Gasteiger partial charge in [-0.1, -0.05) is 13.8 Å². The Balaban J connectivity index is 1.97. The molecule has 2 heterocycles. The molecule has 1 aromatic rings. The van der Waals surface area contributed by atoms with Crippen LogP contribution < -0.4 is 10.2 Å². The number of hydrogen-bond donors (Lipinski definition) is 1. The molecule has 1 atom stereocenters. The number of likely N-dealkylation sites (N-methyl/N-ethyl adjacent to an activating group) is 2. The SMILES string of the molecule is CC(C)CNCc1ccncc1N(C)CC1CCCN1C. The van der Waals surface area contributed by atoms with E-state index in [-0.39, 0.29) is 0 Å². The number of nitrogens with zero attached hydrogens (tertiary/aromatic N) is 3. The van der Waals surface area contributed by atoms with Gasteiger partial charge in [0.05, 0.1) is 11.9 Å². The summed E-state index contributed by atoms with van der Waals surface area (Å²) < 4.78 is 0. The van der Waals surface area contributed by atoms with Gasteiger partial charge >= 0.3 is 0 Å². The number of rotatable bonds is 7. The molecule has 0 aromatic carbocycles. The quantitative estimate of drug-likeness (QED) is 0.835. The third kappa shape index (κ3) is 4.68. The summed E-state index contributed by atoms with van der Waals surface area (Å²) in [6, 6.07) is 2.81. The minimum atomic E-state index is 0.673. The molecule has 0 aliphatic carbocycles. The first-order valence-electron chi connectivity index (χ1n) is 8.13. The Morgan fingerprint density at radius 2 is 2.29 bits per heavy atom. The lowest BCUT2D eigenvalue weighted by Crippen LogP contribution is -2.37. The second kappa shape index (κ2) is 7.76. The van der Waals surface area contributed by atoms with Crippen molar-refractivity contribution in [3.63, 3.8) is 0 Å². The van der Waals surface area contributed by atoms with E-state index < -0.39 is 0 Å². The number of aromatic nitrogens is 1. The zero-order chi connectivity index (χ0) is 15.2. The Hall–Kier alpha value is -1.13. The molecule has 1 aromatic heterocycles. The molecule has 2 rings (SSSR count). The van der Waals surface area contributed by atoms with Crippen LogP contribution in [0.25, 0.3) is 0 Å². The number of pyridine rings is 1. The molecule has 1 aliphatic rings. The fraction of sp³-hybridized carbons (Fsp3) is 0.706. The number of likely N-dealkylation sites (tertiary alicyclic amines) is 1. The summed E-state index contributed by atoms with van der Waals surface area (Å²) in [7, 11) is 4.43. The molecule has 1 fully saturated rings. The highest BCUT2D eigenvalue weighted by Crippen LogP contribution is 2.21. The van der Waals surface area contributed by atoms with Crippen LogP contribution in [0, 0.1) is 5.92 Å². The molecule has 1 aliphatic heterocycles. The molecule has 21 heavy (non-hydrogen) atoms. The fourth-order valence-corrected chi connectivity index (χ4v) is 3.03. The molecular weight excluding hydrogens is 260 g/mol. The lowest BCUT2D eigenvalue weighted by Gasteiger charge is -2.28. The van der Waals surface area contributed by atoms with Crippen LogP contribution in [0.1, 0.15) is 32.3 Å². The van der Waals surface area contributed by atoms with Gasteiger partial charge in [0.1, 0.15) is 0 Å². The minimum absolute atomic E-state index is 0.673. The molecule has 4 nitrogen and oxygen atoms in total. The van der Waals surface area contributed by atoms with E-state index in [2.05, 4.69) is 54.1 Å². The first kappa shape index (κ1) is 16.2. The van der Waals surface area contributed by atoms with Crippen LogP contribution in [-0.4, -0.2) is 49.7 Å². The van der Waals surface area contributed by atoms with Crippen LogP contribution in [-0.2, 0) is 6.54 Å². The first-order valence-corrected chi connectivity index (χ1v) is 8.13. The van der Waals surface area contributed by atoms with Crippen molar-refractivity contribution in [1.29, 1.82) is 0 Å². The van der Waals surface area contributed by atoms with Crippen molar-refractivity contribution < 1.29 is 0 Å². The first-order chi connectivity index (χ1) is 10.1. The smallest absolute Gasteiger partial charge is 0.0596 e. The molecule has 4 heteroatoms. The van der Waals surface area contributed by atoms with Gasteiger partial charge in [0.2, 0.25) is 0 Å². The lowest BCUT2D eigenvalue weighted by molar-refractivity contribution is 0.314. The van der Waals surface area contributed by atoms with E-state index in [4.69, 9.17) is 0 Å². The van der Waals surface area contributed by atoms with Gasteiger partial charge in [-0.2, -0.15) is 0 Å². The monoisotopic (exact) mass is 290 g/mol. The molecule has 1 N–H and O–H groups in total. The summed E-state index contributed by atoms with van der Waals surface area (Å²) in [4.78, 5) is 9.16. The Morgan fingerprint density at radius 3 is 2.95 bits per heavy atom. The standard InChI is InChI=1S/C17H30N4/c1-14(2)10-19-11-15-7-8-18-12-17(15)21(4)13-16-6-5-9-20(16)3/h7-8,12,14,16,19H,5-6,9-11,13H2,1-4H3. The number of anilines is 1. The zero-order valence-electron chi connectivity index (χ0n) is 14.0. The summed E-state index contributed by atoms with van der Waals surface area (Å²) in [5, 5.41) is 3.53. The van der Waals surface area contributed by atoms with Crippen molar-refractivity contribution in [2.75, 3.05) is 38.6 Å². The number of hydrogen-bond acceptors (Lipinski definition) is 4. The Kier molecular flexibility index (Phi) is 6.00. The van der Waals surface area contributed by atoms with Crippen molar-refractivity contribution in [3.05, 3.63) is 24.0 Å². The van der Waals surface area contributed by atoms with E-state index in [1.165, 1.54) is 30.6 Å². The van der Waals surface area contributed by atoms with Gasteiger partial charge in [-0.3, -0.25) is 4.98 Å². The number of nitrogens with one attached hydrogen (secondary N) is 1. The summed E-state index contributed by atoms with van der Waals surface area (Å²) in [5.74, 6) is 0.681. The van der Waals surface area contributed by atoms with Gasteiger partial charge in [-0.15, -0.1) is 0 Å². The summed E-state index contributed by atoms with van der Waals surface area (Å²) >= 11 is 0. The maximum Gasteiger partial charge on any atom is 0.0596 e. The van der Waals surface area contributed by atoms with Crippen molar-refractivity contribution in [2.24, 2.45) is 5.92 Å². The lowest BCUT2D eigenvalue weighted by atomic mass is 10.1. The van der Waals surface area contributed by atoms with Gasteiger partial charge in [0.15, 0.2) is 0 Å². The van der Waals surface area contributed by atoms with Crippen molar-refractivity contribution in [1.82, 2.24) is 15.2 Å². The highest BCUT2D eigenvalue weighted by Gasteiger charge is 2.22. The summed E-state index contributed by atoms with van der Waals surface area (Å²) in [6.07, 6.45) is 6.53. The summed E-state index contributed by atoms with van der Waals surface area (Å²) in [5.41, 5.74) is 2.60. The van der Waals surface area contributed by atoms with Crippen LogP contribution in [0.2, 0.25) is 0 Å². The Morgan fingerprint density at radius 1 is 1.48 bits per heavy atom. The molecule has 0 saturated carbocycles. The topological polar surface area (TPSA) is 31.4 Å². The van der Waals surface area contributed by atoms with Gasteiger partial charge in [0.25, 0.3) is 0 Å². The van der Waals surface area contributed by atoms with Gasteiger partial charge in [-0.05, 0) is 50.5 Å².